The van der Waals surface area contributed by atoms with Crippen LogP contribution < -0.4 is 21.3 Å². The highest BCUT2D eigenvalue weighted by Gasteiger charge is 2.46. The molecule has 12 nitrogen and oxygen atoms in total. The van der Waals surface area contributed by atoms with E-state index in [1.165, 1.54) is 0 Å². The van der Waals surface area contributed by atoms with Gasteiger partial charge in [-0.05, 0) is 36.3 Å². The Bertz CT molecular complexity index is 1010. The molecule has 16 heteroatoms. The summed E-state index contributed by atoms with van der Waals surface area (Å²) in [4.78, 5) is 50.8. The summed E-state index contributed by atoms with van der Waals surface area (Å²) in [6, 6.07) is 0. The Labute approximate surface area is 312 Å². The number of carbonyl (C=O) groups is 4. The molecule has 0 unspecified atom stereocenters. The molecule has 0 aromatic heterocycles. The normalized spacial score (nSPS) is 14.5. The van der Waals surface area contributed by atoms with E-state index in [1.807, 2.05) is 0 Å². The third-order valence-electron chi connectivity index (χ3n) is 9.55. The van der Waals surface area contributed by atoms with Crippen LogP contribution in [0.4, 0.5) is 0 Å². The molecular formula is C34H70N4O8S2Si2. The van der Waals surface area contributed by atoms with Crippen molar-refractivity contribution in [3.05, 3.63) is 0 Å². The zero-order chi connectivity index (χ0) is 39.2. The molecule has 0 bridgehead atoms. The van der Waals surface area contributed by atoms with Crippen molar-refractivity contribution in [3.63, 3.8) is 0 Å². The van der Waals surface area contributed by atoms with Gasteiger partial charge in [0.05, 0.1) is 13.2 Å². The number of amides is 4. The highest BCUT2D eigenvalue weighted by Crippen LogP contribution is 2.41. The van der Waals surface area contributed by atoms with Crippen LogP contribution in [0.5, 0.6) is 0 Å². The number of aliphatic hydroxyl groups excluding tert-OH is 2. The SMILES string of the molecule is CC(C)(CO)[C@@H](O[Si](C)(C)C(C)(C)C)C(=O)NCCC(=O)NCCSSCCNC(=O)CCNC(=O)[C@H](O[Si](C)(C)C(C)(C)C)C(C)(C)CO. The van der Waals surface area contributed by atoms with E-state index in [9.17, 15) is 29.4 Å². The van der Waals surface area contributed by atoms with E-state index in [1.54, 1.807) is 49.3 Å². The van der Waals surface area contributed by atoms with Crippen molar-refractivity contribution < 1.29 is 38.2 Å². The van der Waals surface area contributed by atoms with Crippen molar-refractivity contribution in [1.82, 2.24) is 21.3 Å². The highest BCUT2D eigenvalue weighted by molar-refractivity contribution is 8.76. The molecule has 294 valence electrons. The minimum absolute atomic E-state index is 0.104. The lowest BCUT2D eigenvalue weighted by molar-refractivity contribution is -0.136. The fourth-order valence-electron chi connectivity index (χ4n) is 3.79. The van der Waals surface area contributed by atoms with E-state index in [2.05, 4.69) is 89.0 Å². The monoisotopic (exact) mass is 782 g/mol. The van der Waals surface area contributed by atoms with Gasteiger partial charge in [0.15, 0.2) is 16.6 Å². The Balaban J connectivity index is 4.39. The average molecular weight is 783 g/mol. The lowest BCUT2D eigenvalue weighted by Gasteiger charge is -2.43. The van der Waals surface area contributed by atoms with Gasteiger partial charge in [-0.25, -0.2) is 0 Å². The molecule has 6 N–H and O–H groups in total. The van der Waals surface area contributed by atoms with Gasteiger partial charge in [-0.2, -0.15) is 0 Å². The van der Waals surface area contributed by atoms with Crippen molar-refractivity contribution in [2.24, 2.45) is 10.8 Å². The van der Waals surface area contributed by atoms with Crippen molar-refractivity contribution in [3.8, 4) is 0 Å². The second-order valence-electron chi connectivity index (χ2n) is 17.2. The smallest absolute Gasteiger partial charge is 0.248 e. The molecule has 0 aromatic rings. The topological polar surface area (TPSA) is 175 Å². The molecule has 0 saturated carbocycles. The fraction of sp³-hybridized carbons (Fsp3) is 0.882. The van der Waals surface area contributed by atoms with Crippen molar-refractivity contribution >= 4 is 61.9 Å². The summed E-state index contributed by atoms with van der Waals surface area (Å²) in [5, 5.41) is 31.0. The molecule has 0 aliphatic carbocycles. The second-order valence-corrected chi connectivity index (χ2v) is 29.5. The zero-order valence-corrected chi connectivity index (χ0v) is 37.0. The first-order chi connectivity index (χ1) is 22.6. The molecule has 4 amide bonds. The van der Waals surface area contributed by atoms with Crippen molar-refractivity contribution in [2.75, 3.05) is 50.9 Å². The van der Waals surface area contributed by atoms with Gasteiger partial charge in [-0.3, -0.25) is 19.2 Å². The van der Waals surface area contributed by atoms with Crippen LogP contribution in [0.2, 0.25) is 36.3 Å². The van der Waals surface area contributed by atoms with E-state index < -0.39 is 39.7 Å². The summed E-state index contributed by atoms with van der Waals surface area (Å²) >= 11 is 0. The number of aliphatic hydroxyl groups is 2. The first kappa shape index (κ1) is 48.9. The molecule has 0 spiro atoms. The van der Waals surface area contributed by atoms with Crippen molar-refractivity contribution in [2.45, 2.75) is 131 Å². The van der Waals surface area contributed by atoms with Crippen molar-refractivity contribution in [1.29, 1.82) is 0 Å². The zero-order valence-electron chi connectivity index (χ0n) is 33.4. The van der Waals surface area contributed by atoms with Crippen LogP contribution in [0, 0.1) is 10.8 Å². The Morgan fingerprint density at radius 1 is 0.560 bits per heavy atom. The van der Waals surface area contributed by atoms with E-state index in [4.69, 9.17) is 8.85 Å². The maximum atomic E-state index is 13.1. The molecule has 2 atom stereocenters. The molecular weight excluding hydrogens is 713 g/mol. The lowest BCUT2D eigenvalue weighted by Crippen LogP contribution is -2.55. The summed E-state index contributed by atoms with van der Waals surface area (Å²) in [6.45, 7) is 28.9. The third-order valence-corrected chi connectivity index (χ3v) is 20.8. The summed E-state index contributed by atoms with van der Waals surface area (Å²) in [5.74, 6) is 0.365. The van der Waals surface area contributed by atoms with Crippen LogP contribution in [-0.2, 0) is 28.0 Å². The van der Waals surface area contributed by atoms with Crippen LogP contribution in [0.25, 0.3) is 0 Å². The van der Waals surface area contributed by atoms with Gasteiger partial charge < -0.3 is 40.3 Å². The maximum absolute atomic E-state index is 13.1. The van der Waals surface area contributed by atoms with Gasteiger partial charge in [-0.1, -0.05) is 90.8 Å². The number of hydrogen-bond acceptors (Lipinski definition) is 10. The van der Waals surface area contributed by atoms with Gasteiger partial charge >= 0.3 is 0 Å². The number of nitrogens with one attached hydrogen (secondary N) is 4. The van der Waals surface area contributed by atoms with E-state index in [-0.39, 0.29) is 72.9 Å². The molecule has 0 rings (SSSR count). The van der Waals surface area contributed by atoms with Gasteiger partial charge in [0.1, 0.15) is 12.2 Å². The minimum atomic E-state index is -2.29. The highest BCUT2D eigenvalue weighted by atomic mass is 33.1. The van der Waals surface area contributed by atoms with Crippen LogP contribution in [0.15, 0.2) is 0 Å². The molecule has 0 aliphatic rings. The molecule has 0 saturated heterocycles. The number of rotatable bonds is 23. The third kappa shape index (κ3) is 17.1. The van der Waals surface area contributed by atoms with Crippen LogP contribution in [0.3, 0.4) is 0 Å². The quantitative estimate of drug-likeness (QED) is 0.0495. The van der Waals surface area contributed by atoms with E-state index >= 15 is 0 Å². The summed E-state index contributed by atoms with van der Waals surface area (Å²) in [5.41, 5.74) is -1.56. The molecule has 50 heavy (non-hydrogen) atoms. The fourth-order valence-corrected chi connectivity index (χ4v) is 8.34. The number of carbonyl (C=O) groups excluding carboxylic acids is 4. The molecule has 0 aliphatic heterocycles. The molecule has 0 fully saturated rings. The lowest BCUT2D eigenvalue weighted by atomic mass is 9.87. The molecule has 0 radical (unpaired) electrons. The predicted molar refractivity (Wildman–Crippen MR) is 212 cm³/mol. The second kappa shape index (κ2) is 20.9. The van der Waals surface area contributed by atoms with E-state index in [0.29, 0.717) is 24.6 Å². The Hall–Kier alpha value is -1.15. The summed E-state index contributed by atoms with van der Waals surface area (Å²) in [7, 11) is -1.41. The van der Waals surface area contributed by atoms with Gasteiger partial charge in [0.2, 0.25) is 23.6 Å². The van der Waals surface area contributed by atoms with Crippen LogP contribution >= 0.6 is 21.6 Å². The van der Waals surface area contributed by atoms with Crippen LogP contribution in [-0.4, -0.2) is 114 Å². The standard InChI is InChI=1S/C34H70N4O8S2Si2/c1-31(2,3)49(11,12)45-27(33(7,8)23-39)29(43)37-17-15-25(41)35-19-21-47-48-22-20-36-26(42)16-18-38-30(44)28(34(9,10)24-40)46-50(13,14)32(4,5)6/h27-28,39-40H,15-24H2,1-14H3,(H,35,41)(H,36,42)(H,37,43)(H,38,44)/t27-,28-/m0/s1. The predicted octanol–water partition coefficient (Wildman–Crippen LogP) is 4.43. The maximum Gasteiger partial charge on any atom is 0.248 e. The Kier molecular flexibility index (Phi) is 20.4. The first-order valence-electron chi connectivity index (χ1n) is 17.6. The van der Waals surface area contributed by atoms with Gasteiger partial charge in [-0.15, -0.1) is 0 Å². The summed E-state index contributed by atoms with van der Waals surface area (Å²) < 4.78 is 12.8. The largest absolute Gasteiger partial charge is 0.404 e. The van der Waals surface area contributed by atoms with Gasteiger partial charge in [0, 0.05) is 61.4 Å². The summed E-state index contributed by atoms with van der Waals surface area (Å²) in [6.07, 6.45) is -1.39. The molecule has 0 heterocycles. The first-order valence-corrected chi connectivity index (χ1v) is 25.9. The Morgan fingerprint density at radius 2 is 0.860 bits per heavy atom. The minimum Gasteiger partial charge on any atom is -0.404 e. The van der Waals surface area contributed by atoms with Crippen LogP contribution in [0.1, 0.15) is 82.1 Å². The van der Waals surface area contributed by atoms with Gasteiger partial charge in [0.25, 0.3) is 0 Å². The molecule has 0 aromatic carbocycles. The number of hydrogen-bond donors (Lipinski definition) is 6. The van der Waals surface area contributed by atoms with E-state index in [0.717, 1.165) is 0 Å². The Morgan fingerprint density at radius 3 is 1.12 bits per heavy atom. The average Bonchev–Trinajstić information content (AvgIpc) is 2.98.